The Kier molecular flexibility index (Phi) is 3.65. The summed E-state index contributed by atoms with van der Waals surface area (Å²) in [6, 6.07) is 14.3. The Labute approximate surface area is 125 Å². The van der Waals surface area contributed by atoms with Crippen LogP contribution >= 0.6 is 0 Å². The molecule has 3 rings (SSSR count). The number of rotatable bonds is 3. The summed E-state index contributed by atoms with van der Waals surface area (Å²) in [5, 5.41) is 6.43. The molecular weight excluding hydrogens is 260 g/mol. The molecule has 0 bridgehead atoms. The van der Waals surface area contributed by atoms with Gasteiger partial charge in [0.25, 0.3) is 0 Å². The molecule has 2 N–H and O–H groups in total. The summed E-state index contributed by atoms with van der Waals surface area (Å²) in [5.41, 5.74) is 5.56. The maximum absolute atomic E-state index is 12.3. The molecule has 3 heteroatoms. The van der Waals surface area contributed by atoms with Crippen molar-refractivity contribution in [1.82, 2.24) is 0 Å². The Morgan fingerprint density at radius 1 is 1.14 bits per heavy atom. The monoisotopic (exact) mass is 280 g/mol. The first-order valence-corrected chi connectivity index (χ1v) is 7.34. The van der Waals surface area contributed by atoms with E-state index in [2.05, 4.69) is 22.8 Å². The van der Waals surface area contributed by atoms with E-state index in [-0.39, 0.29) is 11.8 Å². The van der Waals surface area contributed by atoms with Crippen molar-refractivity contribution < 1.29 is 4.79 Å². The van der Waals surface area contributed by atoms with E-state index in [9.17, 15) is 4.79 Å². The van der Waals surface area contributed by atoms with E-state index in [4.69, 9.17) is 0 Å². The van der Waals surface area contributed by atoms with E-state index in [1.54, 1.807) is 0 Å². The number of carbonyl (C=O) groups is 1. The molecule has 2 aromatic carbocycles. The van der Waals surface area contributed by atoms with Crippen molar-refractivity contribution in [2.75, 3.05) is 17.2 Å². The van der Waals surface area contributed by atoms with Gasteiger partial charge in [-0.1, -0.05) is 36.4 Å². The first-order chi connectivity index (χ1) is 10.1. The van der Waals surface area contributed by atoms with Gasteiger partial charge >= 0.3 is 0 Å². The zero-order chi connectivity index (χ0) is 14.8. The summed E-state index contributed by atoms with van der Waals surface area (Å²) in [6.45, 7) is 4.88. The zero-order valence-corrected chi connectivity index (χ0v) is 12.4. The third-order valence-electron chi connectivity index (χ3n) is 4.12. The molecule has 1 atom stereocenters. The number of benzene rings is 2. The quantitative estimate of drug-likeness (QED) is 0.897. The largest absolute Gasteiger partial charge is 0.384 e. The second-order valence-electron chi connectivity index (χ2n) is 5.68. The standard InChI is InChI=1S/C18H20N2O/c1-12-6-5-7-13(2)18(12)20-17(21)10-14-11-19-16-9-4-3-8-15(14)16/h3-9,14,19H,10-11H2,1-2H3,(H,20,21). The SMILES string of the molecule is Cc1cccc(C)c1NC(=O)CC1CNc2ccccc21. The van der Waals surface area contributed by atoms with Crippen molar-refractivity contribution in [3.8, 4) is 0 Å². The molecule has 0 aromatic heterocycles. The van der Waals surface area contributed by atoms with Gasteiger partial charge in [-0.05, 0) is 36.6 Å². The van der Waals surface area contributed by atoms with E-state index in [1.807, 2.05) is 44.2 Å². The fraction of sp³-hybridized carbons (Fsp3) is 0.278. The number of hydrogen-bond donors (Lipinski definition) is 2. The minimum absolute atomic E-state index is 0.0795. The lowest BCUT2D eigenvalue weighted by Crippen LogP contribution is -2.17. The van der Waals surface area contributed by atoms with Crippen LogP contribution in [0.3, 0.4) is 0 Å². The molecule has 2 aromatic rings. The van der Waals surface area contributed by atoms with Crippen molar-refractivity contribution in [1.29, 1.82) is 0 Å². The van der Waals surface area contributed by atoms with E-state index in [0.29, 0.717) is 6.42 Å². The van der Waals surface area contributed by atoms with Crippen LogP contribution in [0, 0.1) is 13.8 Å². The number of amides is 1. The molecule has 1 aliphatic rings. The molecule has 1 heterocycles. The summed E-state index contributed by atoms with van der Waals surface area (Å²) in [5.74, 6) is 0.335. The Hall–Kier alpha value is -2.29. The molecule has 0 saturated heterocycles. The molecule has 1 aliphatic heterocycles. The van der Waals surface area contributed by atoms with E-state index in [1.165, 1.54) is 5.56 Å². The van der Waals surface area contributed by atoms with Gasteiger partial charge in [-0.15, -0.1) is 0 Å². The highest BCUT2D eigenvalue weighted by atomic mass is 16.1. The molecule has 21 heavy (non-hydrogen) atoms. The lowest BCUT2D eigenvalue weighted by molar-refractivity contribution is -0.116. The molecule has 1 amide bonds. The van der Waals surface area contributed by atoms with Gasteiger partial charge in [0.1, 0.15) is 0 Å². The Morgan fingerprint density at radius 2 is 1.86 bits per heavy atom. The van der Waals surface area contributed by atoms with E-state index >= 15 is 0 Å². The van der Waals surface area contributed by atoms with Gasteiger partial charge < -0.3 is 10.6 Å². The minimum atomic E-state index is 0.0795. The van der Waals surface area contributed by atoms with Crippen molar-refractivity contribution in [2.24, 2.45) is 0 Å². The highest BCUT2D eigenvalue weighted by Crippen LogP contribution is 2.33. The summed E-state index contributed by atoms with van der Waals surface area (Å²) in [7, 11) is 0. The molecule has 0 saturated carbocycles. The molecule has 0 radical (unpaired) electrons. The van der Waals surface area contributed by atoms with Crippen molar-refractivity contribution in [3.05, 3.63) is 59.2 Å². The first-order valence-electron chi connectivity index (χ1n) is 7.34. The predicted octanol–water partition coefficient (Wildman–Crippen LogP) is 3.84. The van der Waals surface area contributed by atoms with E-state index in [0.717, 1.165) is 29.0 Å². The average molecular weight is 280 g/mol. The van der Waals surface area contributed by atoms with Gasteiger partial charge in [-0.2, -0.15) is 0 Å². The van der Waals surface area contributed by atoms with Crippen LogP contribution in [-0.2, 0) is 4.79 Å². The van der Waals surface area contributed by atoms with Gasteiger partial charge in [0, 0.05) is 30.3 Å². The van der Waals surface area contributed by atoms with Crippen LogP contribution in [0.25, 0.3) is 0 Å². The minimum Gasteiger partial charge on any atom is -0.384 e. The number of fused-ring (bicyclic) bond motifs is 1. The van der Waals surface area contributed by atoms with Gasteiger partial charge in [0.15, 0.2) is 0 Å². The highest BCUT2D eigenvalue weighted by molar-refractivity contribution is 5.93. The summed E-state index contributed by atoms with van der Waals surface area (Å²) in [6.07, 6.45) is 0.512. The summed E-state index contributed by atoms with van der Waals surface area (Å²) >= 11 is 0. The van der Waals surface area contributed by atoms with Crippen LogP contribution in [-0.4, -0.2) is 12.5 Å². The Bertz CT molecular complexity index is 658. The second-order valence-corrected chi connectivity index (χ2v) is 5.68. The summed E-state index contributed by atoms with van der Waals surface area (Å²) in [4.78, 5) is 12.3. The predicted molar refractivity (Wildman–Crippen MR) is 86.8 cm³/mol. The second kappa shape index (κ2) is 5.60. The molecule has 108 valence electrons. The van der Waals surface area contributed by atoms with E-state index < -0.39 is 0 Å². The number of nitrogens with one attached hydrogen (secondary N) is 2. The number of para-hydroxylation sites is 2. The zero-order valence-electron chi connectivity index (χ0n) is 12.4. The fourth-order valence-electron chi connectivity index (χ4n) is 2.97. The smallest absolute Gasteiger partial charge is 0.225 e. The van der Waals surface area contributed by atoms with Gasteiger partial charge in [-0.3, -0.25) is 4.79 Å². The molecule has 3 nitrogen and oxygen atoms in total. The van der Waals surface area contributed by atoms with Gasteiger partial charge in [0.05, 0.1) is 0 Å². The first kappa shape index (κ1) is 13.7. The Morgan fingerprint density at radius 3 is 2.62 bits per heavy atom. The topological polar surface area (TPSA) is 41.1 Å². The van der Waals surface area contributed by atoms with Crippen LogP contribution in [0.15, 0.2) is 42.5 Å². The maximum atomic E-state index is 12.3. The van der Waals surface area contributed by atoms with Gasteiger partial charge in [0.2, 0.25) is 5.91 Å². The summed E-state index contributed by atoms with van der Waals surface area (Å²) < 4.78 is 0. The van der Waals surface area contributed by atoms with Gasteiger partial charge in [-0.25, -0.2) is 0 Å². The Balaban J connectivity index is 1.71. The van der Waals surface area contributed by atoms with Crippen LogP contribution in [0.2, 0.25) is 0 Å². The van der Waals surface area contributed by atoms with Crippen molar-refractivity contribution in [3.63, 3.8) is 0 Å². The van der Waals surface area contributed by atoms with Crippen molar-refractivity contribution in [2.45, 2.75) is 26.2 Å². The number of anilines is 2. The number of carbonyl (C=O) groups excluding carboxylic acids is 1. The highest BCUT2D eigenvalue weighted by Gasteiger charge is 2.24. The maximum Gasteiger partial charge on any atom is 0.225 e. The van der Waals surface area contributed by atoms with Crippen LogP contribution in [0.1, 0.15) is 29.0 Å². The lowest BCUT2D eigenvalue weighted by Gasteiger charge is -2.14. The molecule has 1 unspecified atom stereocenters. The number of hydrogen-bond acceptors (Lipinski definition) is 2. The third-order valence-corrected chi connectivity index (χ3v) is 4.12. The average Bonchev–Trinajstić information content (AvgIpc) is 2.87. The normalized spacial score (nSPS) is 16.2. The molecular formula is C18H20N2O. The molecule has 0 spiro atoms. The fourth-order valence-corrected chi connectivity index (χ4v) is 2.97. The molecule has 0 aliphatic carbocycles. The third kappa shape index (κ3) is 2.77. The van der Waals surface area contributed by atoms with Crippen LogP contribution in [0.5, 0.6) is 0 Å². The molecule has 0 fully saturated rings. The van der Waals surface area contributed by atoms with Crippen molar-refractivity contribution >= 4 is 17.3 Å². The lowest BCUT2D eigenvalue weighted by atomic mass is 9.97. The number of aryl methyl sites for hydroxylation is 2. The van der Waals surface area contributed by atoms with Crippen LogP contribution < -0.4 is 10.6 Å². The van der Waals surface area contributed by atoms with Crippen LogP contribution in [0.4, 0.5) is 11.4 Å².